The van der Waals surface area contributed by atoms with E-state index in [1.54, 1.807) is 6.20 Å². The van der Waals surface area contributed by atoms with Gasteiger partial charge < -0.3 is 14.7 Å². The Balaban J connectivity index is 0.00000131. The van der Waals surface area contributed by atoms with Crippen molar-refractivity contribution < 1.29 is 9.32 Å². The number of pyridine rings is 1. The first-order chi connectivity index (χ1) is 12.3. The molecule has 4 heterocycles. The molecule has 2 aliphatic heterocycles. The van der Waals surface area contributed by atoms with Crippen molar-refractivity contribution in [3.63, 3.8) is 0 Å². The lowest BCUT2D eigenvalue weighted by molar-refractivity contribution is -0.133. The Labute approximate surface area is 170 Å². The van der Waals surface area contributed by atoms with Gasteiger partial charge in [0.1, 0.15) is 5.69 Å². The van der Waals surface area contributed by atoms with Crippen LogP contribution in [-0.4, -0.2) is 70.1 Å². The summed E-state index contributed by atoms with van der Waals surface area (Å²) in [5, 5.41) is 7.33. The van der Waals surface area contributed by atoms with Crippen LogP contribution < -0.4 is 5.32 Å². The summed E-state index contributed by atoms with van der Waals surface area (Å²) in [5.74, 6) is 1.25. The highest BCUT2D eigenvalue weighted by Crippen LogP contribution is 2.31. The smallest absolute Gasteiger partial charge is 0.244 e. The lowest BCUT2D eigenvalue weighted by Crippen LogP contribution is -2.49. The Kier molecular flexibility index (Phi) is 7.97. The van der Waals surface area contributed by atoms with Crippen molar-refractivity contribution in [1.82, 2.24) is 30.2 Å². The molecule has 27 heavy (non-hydrogen) atoms. The molecule has 1 N–H and O–H groups in total. The zero-order valence-electron chi connectivity index (χ0n) is 14.9. The van der Waals surface area contributed by atoms with Crippen molar-refractivity contribution in [1.29, 1.82) is 0 Å². The number of carbonyl (C=O) groups is 1. The Hall–Kier alpha value is -1.74. The quantitative estimate of drug-likeness (QED) is 0.811. The first kappa shape index (κ1) is 21.6. The van der Waals surface area contributed by atoms with E-state index in [0.717, 1.165) is 45.6 Å². The number of nitrogens with one attached hydrogen (secondary N) is 1. The van der Waals surface area contributed by atoms with Crippen LogP contribution in [0.25, 0.3) is 11.5 Å². The molecular weight excluding hydrogens is 391 g/mol. The van der Waals surface area contributed by atoms with Gasteiger partial charge in [-0.15, -0.1) is 24.8 Å². The topological polar surface area (TPSA) is 87.4 Å². The zero-order valence-corrected chi connectivity index (χ0v) is 16.5. The maximum absolute atomic E-state index is 12.5. The van der Waals surface area contributed by atoms with Gasteiger partial charge in [-0.05, 0) is 31.5 Å². The number of piperazine rings is 1. The van der Waals surface area contributed by atoms with Gasteiger partial charge in [0.05, 0.1) is 12.6 Å². The molecule has 0 radical (unpaired) electrons. The van der Waals surface area contributed by atoms with Crippen molar-refractivity contribution in [2.75, 3.05) is 39.3 Å². The molecule has 10 heteroatoms. The molecule has 2 aromatic heterocycles. The van der Waals surface area contributed by atoms with Gasteiger partial charge in [-0.3, -0.25) is 14.7 Å². The monoisotopic (exact) mass is 414 g/mol. The molecule has 1 amide bonds. The Morgan fingerprint density at radius 1 is 1.22 bits per heavy atom. The molecule has 0 aliphatic carbocycles. The number of carbonyl (C=O) groups excluding carboxylic acids is 1. The SMILES string of the molecule is Cl.Cl.O=C(CN1CCCC1c1nc(-c2ccccn2)no1)N1CCNCC1. The Morgan fingerprint density at radius 3 is 2.78 bits per heavy atom. The van der Waals surface area contributed by atoms with Gasteiger partial charge in [0.2, 0.25) is 17.6 Å². The van der Waals surface area contributed by atoms with E-state index >= 15 is 0 Å². The summed E-state index contributed by atoms with van der Waals surface area (Å²) in [6.07, 6.45) is 3.67. The molecule has 2 aliphatic rings. The van der Waals surface area contributed by atoms with Crippen LogP contribution in [0.15, 0.2) is 28.9 Å². The van der Waals surface area contributed by atoms with Crippen LogP contribution in [-0.2, 0) is 4.79 Å². The summed E-state index contributed by atoms with van der Waals surface area (Å²) in [6.45, 7) is 4.58. The second kappa shape index (κ2) is 9.98. The summed E-state index contributed by atoms with van der Waals surface area (Å²) < 4.78 is 5.48. The predicted molar refractivity (Wildman–Crippen MR) is 105 cm³/mol. The van der Waals surface area contributed by atoms with E-state index in [1.165, 1.54) is 0 Å². The third-order valence-corrected chi connectivity index (χ3v) is 4.79. The second-order valence-corrected chi connectivity index (χ2v) is 6.43. The average molecular weight is 415 g/mol. The van der Waals surface area contributed by atoms with Gasteiger partial charge in [0.15, 0.2) is 0 Å². The zero-order chi connectivity index (χ0) is 17.1. The van der Waals surface area contributed by atoms with Gasteiger partial charge in [0.25, 0.3) is 0 Å². The minimum Gasteiger partial charge on any atom is -0.339 e. The number of hydrogen-bond donors (Lipinski definition) is 1. The number of likely N-dealkylation sites (tertiary alicyclic amines) is 1. The summed E-state index contributed by atoms with van der Waals surface area (Å²) in [4.78, 5) is 25.4. The van der Waals surface area contributed by atoms with Gasteiger partial charge >= 0.3 is 0 Å². The maximum atomic E-state index is 12.5. The third-order valence-electron chi connectivity index (χ3n) is 4.79. The van der Waals surface area contributed by atoms with E-state index in [9.17, 15) is 4.79 Å². The molecule has 1 atom stereocenters. The molecule has 8 nitrogen and oxygen atoms in total. The molecular formula is C17H24Cl2N6O2. The molecule has 1 unspecified atom stereocenters. The van der Waals surface area contributed by atoms with Crippen molar-refractivity contribution in [2.45, 2.75) is 18.9 Å². The molecule has 0 saturated carbocycles. The van der Waals surface area contributed by atoms with Gasteiger partial charge in [-0.1, -0.05) is 11.2 Å². The van der Waals surface area contributed by atoms with Crippen LogP contribution in [0, 0.1) is 0 Å². The van der Waals surface area contributed by atoms with E-state index in [2.05, 4.69) is 25.3 Å². The van der Waals surface area contributed by atoms with E-state index in [0.29, 0.717) is 24.0 Å². The van der Waals surface area contributed by atoms with Crippen LogP contribution in [0.2, 0.25) is 0 Å². The number of nitrogens with zero attached hydrogens (tertiary/aromatic N) is 5. The summed E-state index contributed by atoms with van der Waals surface area (Å²) in [5.41, 5.74) is 0.693. The first-order valence-corrected chi connectivity index (χ1v) is 8.79. The number of rotatable bonds is 4. The number of hydrogen-bond acceptors (Lipinski definition) is 7. The number of amides is 1. The van der Waals surface area contributed by atoms with Crippen molar-refractivity contribution in [3.05, 3.63) is 30.3 Å². The molecule has 2 fully saturated rings. The van der Waals surface area contributed by atoms with E-state index < -0.39 is 0 Å². The van der Waals surface area contributed by atoms with Crippen molar-refractivity contribution >= 4 is 30.7 Å². The predicted octanol–water partition coefficient (Wildman–Crippen LogP) is 1.54. The Bertz CT molecular complexity index is 723. The maximum Gasteiger partial charge on any atom is 0.244 e. The normalized spacial score (nSPS) is 20.0. The molecule has 4 rings (SSSR count). The number of halogens is 2. The van der Waals surface area contributed by atoms with E-state index in [4.69, 9.17) is 4.52 Å². The van der Waals surface area contributed by atoms with Gasteiger partial charge in [-0.25, -0.2) is 0 Å². The van der Waals surface area contributed by atoms with Crippen LogP contribution in [0.5, 0.6) is 0 Å². The standard InChI is InChI=1S/C17H22N6O2.2ClH/c24-15(22-10-7-18-8-11-22)12-23-9-3-5-14(23)17-20-16(21-25-17)13-4-1-2-6-19-13;;/h1-2,4,6,14,18H,3,5,7-12H2;2*1H. The second-order valence-electron chi connectivity index (χ2n) is 6.43. The van der Waals surface area contributed by atoms with Gasteiger partial charge in [-0.2, -0.15) is 4.98 Å². The highest BCUT2D eigenvalue weighted by atomic mass is 35.5. The summed E-state index contributed by atoms with van der Waals surface area (Å²) in [6, 6.07) is 5.61. The lowest BCUT2D eigenvalue weighted by Gasteiger charge is -2.30. The molecule has 0 bridgehead atoms. The average Bonchev–Trinajstić information content (AvgIpc) is 3.32. The first-order valence-electron chi connectivity index (χ1n) is 8.79. The van der Waals surface area contributed by atoms with Crippen LogP contribution in [0.3, 0.4) is 0 Å². The number of aromatic nitrogens is 3. The summed E-state index contributed by atoms with van der Waals surface area (Å²) >= 11 is 0. The van der Waals surface area contributed by atoms with Crippen molar-refractivity contribution in [3.8, 4) is 11.5 Å². The largest absolute Gasteiger partial charge is 0.339 e. The summed E-state index contributed by atoms with van der Waals surface area (Å²) in [7, 11) is 0. The van der Waals surface area contributed by atoms with Crippen LogP contribution in [0.4, 0.5) is 0 Å². The fourth-order valence-corrected chi connectivity index (χ4v) is 3.45. The highest BCUT2D eigenvalue weighted by molar-refractivity contribution is 5.85. The third kappa shape index (κ3) is 4.95. The van der Waals surface area contributed by atoms with Gasteiger partial charge in [0, 0.05) is 32.4 Å². The van der Waals surface area contributed by atoms with Crippen molar-refractivity contribution in [2.24, 2.45) is 0 Å². The molecule has 2 saturated heterocycles. The minimum absolute atomic E-state index is 0. The van der Waals surface area contributed by atoms with E-state index in [-0.39, 0.29) is 36.8 Å². The van der Waals surface area contributed by atoms with Crippen LogP contribution in [0.1, 0.15) is 24.8 Å². The minimum atomic E-state index is 0. The Morgan fingerprint density at radius 2 is 2.04 bits per heavy atom. The molecule has 0 aromatic carbocycles. The van der Waals surface area contributed by atoms with E-state index in [1.807, 2.05) is 23.1 Å². The highest BCUT2D eigenvalue weighted by Gasteiger charge is 2.33. The lowest BCUT2D eigenvalue weighted by atomic mass is 10.2. The molecule has 148 valence electrons. The molecule has 2 aromatic rings. The van der Waals surface area contributed by atoms with Crippen LogP contribution >= 0.6 is 24.8 Å². The molecule has 0 spiro atoms. The fourth-order valence-electron chi connectivity index (χ4n) is 3.45. The fraction of sp³-hybridized carbons (Fsp3) is 0.529.